The van der Waals surface area contributed by atoms with E-state index >= 15 is 0 Å². The lowest BCUT2D eigenvalue weighted by atomic mass is 10.1. The second kappa shape index (κ2) is 11.9. The van der Waals surface area contributed by atoms with Crippen LogP contribution in [0.1, 0.15) is 49.7 Å². The molecule has 2 aromatic rings. The van der Waals surface area contributed by atoms with Gasteiger partial charge in [0, 0.05) is 45.0 Å². The van der Waals surface area contributed by atoms with E-state index in [4.69, 9.17) is 9.15 Å². The van der Waals surface area contributed by atoms with Crippen molar-refractivity contribution in [2.75, 3.05) is 37.5 Å². The molecule has 0 saturated heterocycles. The van der Waals surface area contributed by atoms with Gasteiger partial charge in [0.2, 0.25) is 5.91 Å². The number of benzene rings is 1. The molecule has 0 saturated carbocycles. The van der Waals surface area contributed by atoms with Gasteiger partial charge in [0.15, 0.2) is 5.76 Å². The summed E-state index contributed by atoms with van der Waals surface area (Å²) in [4.78, 5) is 40.5. The van der Waals surface area contributed by atoms with Crippen LogP contribution in [0.25, 0.3) is 0 Å². The average molecular weight is 444 g/mol. The van der Waals surface area contributed by atoms with Gasteiger partial charge in [-0.3, -0.25) is 14.4 Å². The van der Waals surface area contributed by atoms with E-state index in [1.54, 1.807) is 24.0 Å². The zero-order valence-electron chi connectivity index (χ0n) is 19.5. The van der Waals surface area contributed by atoms with Crippen LogP contribution in [0, 0.1) is 5.92 Å². The van der Waals surface area contributed by atoms with E-state index in [-0.39, 0.29) is 30.6 Å². The van der Waals surface area contributed by atoms with Crippen molar-refractivity contribution in [3.05, 3.63) is 47.9 Å². The molecule has 0 fully saturated rings. The predicted octanol–water partition coefficient (Wildman–Crippen LogP) is 3.93. The van der Waals surface area contributed by atoms with E-state index < -0.39 is 5.97 Å². The molecule has 0 atom stereocenters. The highest BCUT2D eigenvalue weighted by Gasteiger charge is 2.21. The molecule has 0 bridgehead atoms. The van der Waals surface area contributed by atoms with Gasteiger partial charge in [-0.25, -0.2) is 0 Å². The van der Waals surface area contributed by atoms with Gasteiger partial charge < -0.3 is 24.3 Å². The molecule has 8 heteroatoms. The number of nitrogens with one attached hydrogen (secondary N) is 1. The number of furan rings is 1. The summed E-state index contributed by atoms with van der Waals surface area (Å²) < 4.78 is 10.2. The minimum absolute atomic E-state index is 0.0299. The summed E-state index contributed by atoms with van der Waals surface area (Å²) in [6.07, 6.45) is 1.56. The van der Waals surface area contributed by atoms with Crippen molar-refractivity contribution in [3.8, 4) is 0 Å². The Morgan fingerprint density at radius 2 is 1.88 bits per heavy atom. The first-order chi connectivity index (χ1) is 15.2. The lowest BCUT2D eigenvalue weighted by Crippen LogP contribution is -2.34. The molecular formula is C24H33N3O5. The molecule has 0 unspecified atom stereocenters. The number of nitrogens with zero attached hydrogens (tertiary/aromatic N) is 2. The molecule has 174 valence electrons. The molecule has 0 aliphatic heterocycles. The second-order valence-electron chi connectivity index (χ2n) is 8.15. The molecule has 2 rings (SSSR count). The Labute approximate surface area is 189 Å². The van der Waals surface area contributed by atoms with Crippen molar-refractivity contribution in [2.24, 2.45) is 5.92 Å². The van der Waals surface area contributed by atoms with Crippen LogP contribution in [-0.2, 0) is 20.9 Å². The molecule has 1 aromatic carbocycles. The molecule has 0 radical (unpaired) electrons. The molecule has 1 aromatic heterocycles. The molecule has 1 N–H and O–H groups in total. The van der Waals surface area contributed by atoms with Crippen LogP contribution in [0.5, 0.6) is 0 Å². The van der Waals surface area contributed by atoms with Crippen LogP contribution < -0.4 is 10.2 Å². The Morgan fingerprint density at radius 1 is 1.12 bits per heavy atom. The summed E-state index contributed by atoms with van der Waals surface area (Å²) in [6.45, 7) is 7.04. The smallest absolute Gasteiger partial charge is 0.306 e. The van der Waals surface area contributed by atoms with Gasteiger partial charge in [-0.15, -0.1) is 0 Å². The standard InChI is InChI=1S/C24H33N3O5/c1-6-31-23(29)12-11-22(28)25-19-9-10-20(26(4)5)18(14-19)16-27(15-17(2)3)24(30)21-8-7-13-32-21/h7-10,13-14,17H,6,11-12,15-16H2,1-5H3,(H,25,28). The first-order valence-corrected chi connectivity index (χ1v) is 10.8. The number of esters is 1. The number of rotatable bonds is 11. The molecule has 2 amide bonds. The second-order valence-corrected chi connectivity index (χ2v) is 8.15. The highest BCUT2D eigenvalue weighted by molar-refractivity contribution is 5.93. The monoisotopic (exact) mass is 443 g/mol. The average Bonchev–Trinajstić information content (AvgIpc) is 3.26. The minimum atomic E-state index is -0.396. The van der Waals surface area contributed by atoms with Gasteiger partial charge in [0.1, 0.15) is 0 Å². The maximum Gasteiger partial charge on any atom is 0.306 e. The molecule has 1 heterocycles. The molecule has 0 aliphatic carbocycles. The predicted molar refractivity (Wildman–Crippen MR) is 124 cm³/mol. The normalized spacial score (nSPS) is 10.7. The van der Waals surface area contributed by atoms with E-state index in [9.17, 15) is 14.4 Å². The largest absolute Gasteiger partial charge is 0.466 e. The maximum absolute atomic E-state index is 13.0. The van der Waals surface area contributed by atoms with Crippen molar-refractivity contribution in [3.63, 3.8) is 0 Å². The van der Waals surface area contributed by atoms with Crippen LogP contribution in [-0.4, -0.2) is 49.9 Å². The SMILES string of the molecule is CCOC(=O)CCC(=O)Nc1ccc(N(C)C)c(CN(CC(C)C)C(=O)c2ccco2)c1. The fourth-order valence-corrected chi connectivity index (χ4v) is 3.32. The Bertz CT molecular complexity index is 906. The summed E-state index contributed by atoms with van der Waals surface area (Å²) >= 11 is 0. The van der Waals surface area contributed by atoms with Crippen molar-refractivity contribution < 1.29 is 23.5 Å². The molecule has 0 aliphatic rings. The first kappa shape index (κ1) is 25.0. The van der Waals surface area contributed by atoms with Crippen LogP contribution >= 0.6 is 0 Å². The summed E-state index contributed by atoms with van der Waals surface area (Å²) in [5.41, 5.74) is 2.43. The number of carbonyl (C=O) groups is 3. The summed E-state index contributed by atoms with van der Waals surface area (Å²) in [7, 11) is 3.86. The van der Waals surface area contributed by atoms with Gasteiger partial charge in [0.05, 0.1) is 19.3 Å². The van der Waals surface area contributed by atoms with Gasteiger partial charge in [-0.1, -0.05) is 13.8 Å². The zero-order valence-corrected chi connectivity index (χ0v) is 19.5. The first-order valence-electron chi connectivity index (χ1n) is 10.8. The number of carbonyl (C=O) groups excluding carboxylic acids is 3. The van der Waals surface area contributed by atoms with Crippen LogP contribution in [0.2, 0.25) is 0 Å². The third kappa shape index (κ3) is 7.44. The van der Waals surface area contributed by atoms with E-state index in [2.05, 4.69) is 19.2 Å². The number of ether oxygens (including phenoxy) is 1. The molecular weight excluding hydrogens is 410 g/mol. The van der Waals surface area contributed by atoms with Gasteiger partial charge in [-0.05, 0) is 48.7 Å². The van der Waals surface area contributed by atoms with Crippen molar-refractivity contribution in [2.45, 2.75) is 40.2 Å². The number of hydrogen-bond acceptors (Lipinski definition) is 6. The third-order valence-electron chi connectivity index (χ3n) is 4.67. The van der Waals surface area contributed by atoms with E-state index in [0.717, 1.165) is 11.3 Å². The van der Waals surface area contributed by atoms with Gasteiger partial charge in [0.25, 0.3) is 5.91 Å². The topological polar surface area (TPSA) is 92.1 Å². The quantitative estimate of drug-likeness (QED) is 0.529. The van der Waals surface area contributed by atoms with Crippen LogP contribution in [0.3, 0.4) is 0 Å². The van der Waals surface area contributed by atoms with Crippen LogP contribution in [0.15, 0.2) is 41.0 Å². The molecule has 8 nitrogen and oxygen atoms in total. The van der Waals surface area contributed by atoms with E-state index in [1.807, 2.05) is 37.2 Å². The van der Waals surface area contributed by atoms with Gasteiger partial charge >= 0.3 is 5.97 Å². The Morgan fingerprint density at radius 3 is 2.47 bits per heavy atom. The molecule has 32 heavy (non-hydrogen) atoms. The summed E-state index contributed by atoms with van der Waals surface area (Å²) in [5, 5.41) is 2.83. The van der Waals surface area contributed by atoms with Crippen molar-refractivity contribution in [1.29, 1.82) is 0 Å². The van der Waals surface area contributed by atoms with Gasteiger partial charge in [-0.2, -0.15) is 0 Å². The Hall–Kier alpha value is -3.29. The Balaban J connectivity index is 2.21. The number of hydrogen-bond donors (Lipinski definition) is 1. The fraction of sp³-hybridized carbons (Fsp3) is 0.458. The van der Waals surface area contributed by atoms with E-state index in [0.29, 0.717) is 31.1 Å². The minimum Gasteiger partial charge on any atom is -0.466 e. The lowest BCUT2D eigenvalue weighted by Gasteiger charge is -2.27. The van der Waals surface area contributed by atoms with Crippen molar-refractivity contribution >= 4 is 29.2 Å². The van der Waals surface area contributed by atoms with E-state index in [1.165, 1.54) is 6.26 Å². The fourth-order valence-electron chi connectivity index (χ4n) is 3.32. The molecule has 0 spiro atoms. The summed E-state index contributed by atoms with van der Waals surface area (Å²) in [6, 6.07) is 8.92. The third-order valence-corrected chi connectivity index (χ3v) is 4.67. The number of anilines is 2. The summed E-state index contributed by atoms with van der Waals surface area (Å²) in [5.74, 6) is -0.292. The Kier molecular flexibility index (Phi) is 9.31. The maximum atomic E-state index is 13.0. The highest BCUT2D eigenvalue weighted by atomic mass is 16.5. The lowest BCUT2D eigenvalue weighted by molar-refractivity contribution is -0.144. The van der Waals surface area contributed by atoms with Crippen molar-refractivity contribution in [1.82, 2.24) is 4.90 Å². The highest BCUT2D eigenvalue weighted by Crippen LogP contribution is 2.26. The zero-order chi connectivity index (χ0) is 23.7. The number of amides is 2. The van der Waals surface area contributed by atoms with Crippen LogP contribution in [0.4, 0.5) is 11.4 Å².